The highest BCUT2D eigenvalue weighted by atomic mass is 32.2. The molecule has 0 saturated carbocycles. The highest BCUT2D eigenvalue weighted by Crippen LogP contribution is 2.20. The highest BCUT2D eigenvalue weighted by Gasteiger charge is 2.20. The van der Waals surface area contributed by atoms with Gasteiger partial charge in [-0.3, -0.25) is 0 Å². The van der Waals surface area contributed by atoms with Crippen molar-refractivity contribution in [1.29, 1.82) is 0 Å². The van der Waals surface area contributed by atoms with E-state index in [1.165, 1.54) is 5.56 Å². The number of nitrogens with one attached hydrogen (secondary N) is 2. The van der Waals surface area contributed by atoms with Gasteiger partial charge in [0.25, 0.3) is 0 Å². The van der Waals surface area contributed by atoms with Crippen molar-refractivity contribution in [1.82, 2.24) is 10.0 Å². The molecule has 1 heterocycles. The van der Waals surface area contributed by atoms with Crippen molar-refractivity contribution < 1.29 is 8.42 Å². The summed E-state index contributed by atoms with van der Waals surface area (Å²) in [7, 11) is -3.38. The Morgan fingerprint density at radius 2 is 1.89 bits per heavy atom. The van der Waals surface area contributed by atoms with E-state index in [2.05, 4.69) is 10.0 Å². The average molecular weight is 268 g/mol. The lowest BCUT2D eigenvalue weighted by Gasteiger charge is -2.15. The third-order valence-corrected chi connectivity index (χ3v) is 4.94. The Bertz CT molecular complexity index is 522. The van der Waals surface area contributed by atoms with Gasteiger partial charge < -0.3 is 5.32 Å². The summed E-state index contributed by atoms with van der Waals surface area (Å²) in [5.41, 5.74) is 2.28. The van der Waals surface area contributed by atoms with E-state index in [9.17, 15) is 8.42 Å². The van der Waals surface area contributed by atoms with E-state index in [4.69, 9.17) is 0 Å². The van der Waals surface area contributed by atoms with E-state index in [0.29, 0.717) is 4.90 Å². The SMILES string of the molecule is CCC(CC)NS(=O)(=O)c1ccc2c(c1)CNC2. The van der Waals surface area contributed by atoms with Gasteiger partial charge in [-0.25, -0.2) is 13.1 Å². The first-order valence-electron chi connectivity index (χ1n) is 6.41. The van der Waals surface area contributed by atoms with Crippen LogP contribution in [-0.2, 0) is 23.1 Å². The largest absolute Gasteiger partial charge is 0.309 e. The molecule has 0 amide bonds. The van der Waals surface area contributed by atoms with Gasteiger partial charge in [-0.15, -0.1) is 0 Å². The molecule has 100 valence electrons. The molecule has 4 nitrogen and oxygen atoms in total. The molecule has 0 aromatic heterocycles. The summed E-state index contributed by atoms with van der Waals surface area (Å²) in [6, 6.07) is 5.38. The van der Waals surface area contributed by atoms with Crippen LogP contribution in [0.4, 0.5) is 0 Å². The van der Waals surface area contributed by atoms with Gasteiger partial charge in [0.2, 0.25) is 10.0 Å². The standard InChI is InChI=1S/C13H20N2O2S/c1-3-12(4-2)15-18(16,17)13-6-5-10-8-14-9-11(10)7-13/h5-7,12,14-15H,3-4,8-9H2,1-2H3. The van der Waals surface area contributed by atoms with Crippen molar-refractivity contribution in [2.45, 2.75) is 50.7 Å². The minimum absolute atomic E-state index is 0.0152. The topological polar surface area (TPSA) is 58.2 Å². The third kappa shape index (κ3) is 2.74. The first kappa shape index (κ1) is 13.5. The molecule has 0 fully saturated rings. The number of fused-ring (bicyclic) bond motifs is 1. The molecule has 0 aliphatic carbocycles. The van der Waals surface area contributed by atoms with E-state index in [1.807, 2.05) is 19.9 Å². The monoisotopic (exact) mass is 268 g/mol. The van der Waals surface area contributed by atoms with E-state index in [0.717, 1.165) is 31.5 Å². The molecule has 0 unspecified atom stereocenters. The predicted molar refractivity (Wildman–Crippen MR) is 71.7 cm³/mol. The maximum Gasteiger partial charge on any atom is 0.240 e. The zero-order chi connectivity index (χ0) is 13.2. The smallest absolute Gasteiger partial charge is 0.240 e. The molecule has 0 bridgehead atoms. The summed E-state index contributed by atoms with van der Waals surface area (Å²) >= 11 is 0. The summed E-state index contributed by atoms with van der Waals surface area (Å²) in [5, 5.41) is 3.21. The van der Waals surface area contributed by atoms with E-state index >= 15 is 0 Å². The highest BCUT2D eigenvalue weighted by molar-refractivity contribution is 7.89. The second kappa shape index (κ2) is 5.38. The Kier molecular flexibility index (Phi) is 4.04. The van der Waals surface area contributed by atoms with Crippen LogP contribution in [0.2, 0.25) is 0 Å². The van der Waals surface area contributed by atoms with Crippen molar-refractivity contribution in [3.8, 4) is 0 Å². The zero-order valence-electron chi connectivity index (χ0n) is 10.9. The molecule has 1 aromatic rings. The maximum atomic E-state index is 12.2. The van der Waals surface area contributed by atoms with Crippen LogP contribution in [-0.4, -0.2) is 14.5 Å². The van der Waals surface area contributed by atoms with Crippen molar-refractivity contribution in [3.05, 3.63) is 29.3 Å². The van der Waals surface area contributed by atoms with Gasteiger partial charge >= 0.3 is 0 Å². The molecule has 1 aliphatic rings. The molecule has 5 heteroatoms. The number of rotatable bonds is 5. The summed E-state index contributed by atoms with van der Waals surface area (Å²) in [4.78, 5) is 0.372. The lowest BCUT2D eigenvalue weighted by Crippen LogP contribution is -2.33. The van der Waals surface area contributed by atoms with Crippen LogP contribution in [0, 0.1) is 0 Å². The van der Waals surface area contributed by atoms with Crippen molar-refractivity contribution in [3.63, 3.8) is 0 Å². The number of benzene rings is 1. The van der Waals surface area contributed by atoms with Crippen LogP contribution in [0.15, 0.2) is 23.1 Å². The first-order chi connectivity index (χ1) is 8.56. The average Bonchev–Trinajstić information content (AvgIpc) is 2.83. The van der Waals surface area contributed by atoms with Gasteiger partial charge in [0.05, 0.1) is 4.90 Å². The molecule has 0 saturated heterocycles. The molecule has 1 aliphatic heterocycles. The first-order valence-corrected chi connectivity index (χ1v) is 7.90. The number of sulfonamides is 1. The molecule has 0 spiro atoms. The van der Waals surface area contributed by atoms with E-state index in [-0.39, 0.29) is 6.04 Å². The van der Waals surface area contributed by atoms with Crippen LogP contribution in [0.3, 0.4) is 0 Å². The van der Waals surface area contributed by atoms with Gasteiger partial charge in [-0.05, 0) is 36.1 Å². The third-order valence-electron chi connectivity index (χ3n) is 3.43. The Morgan fingerprint density at radius 1 is 1.22 bits per heavy atom. The van der Waals surface area contributed by atoms with Gasteiger partial charge in [-0.2, -0.15) is 0 Å². The number of hydrogen-bond donors (Lipinski definition) is 2. The lowest BCUT2D eigenvalue weighted by molar-refractivity contribution is 0.530. The molecular weight excluding hydrogens is 248 g/mol. The predicted octanol–water partition coefficient (Wildman–Crippen LogP) is 1.76. The molecule has 18 heavy (non-hydrogen) atoms. The van der Waals surface area contributed by atoms with Crippen molar-refractivity contribution >= 4 is 10.0 Å². The van der Waals surface area contributed by atoms with Crippen molar-refractivity contribution in [2.75, 3.05) is 0 Å². The Morgan fingerprint density at radius 3 is 2.56 bits per heavy atom. The van der Waals surface area contributed by atoms with Gasteiger partial charge in [0.15, 0.2) is 0 Å². The lowest BCUT2D eigenvalue weighted by atomic mass is 10.1. The zero-order valence-corrected chi connectivity index (χ0v) is 11.7. The van der Waals surface area contributed by atoms with Gasteiger partial charge in [0.1, 0.15) is 0 Å². The quantitative estimate of drug-likeness (QED) is 0.855. The van der Waals surface area contributed by atoms with Crippen LogP contribution in [0.25, 0.3) is 0 Å². The molecule has 1 aromatic carbocycles. The number of hydrogen-bond acceptors (Lipinski definition) is 3. The minimum atomic E-state index is -3.38. The Balaban J connectivity index is 2.24. The summed E-state index contributed by atoms with van der Waals surface area (Å²) in [6.45, 7) is 5.56. The van der Waals surface area contributed by atoms with Crippen LogP contribution in [0.5, 0.6) is 0 Å². The van der Waals surface area contributed by atoms with Crippen molar-refractivity contribution in [2.24, 2.45) is 0 Å². The van der Waals surface area contributed by atoms with Gasteiger partial charge in [-0.1, -0.05) is 19.9 Å². The second-order valence-electron chi connectivity index (χ2n) is 4.67. The molecule has 0 radical (unpaired) electrons. The van der Waals surface area contributed by atoms with E-state index < -0.39 is 10.0 Å². The molecule has 0 atom stereocenters. The summed E-state index contributed by atoms with van der Waals surface area (Å²) < 4.78 is 27.2. The van der Waals surface area contributed by atoms with Crippen LogP contribution < -0.4 is 10.0 Å². The molecular formula is C13H20N2O2S. The molecule has 2 rings (SSSR count). The van der Waals surface area contributed by atoms with Gasteiger partial charge in [0, 0.05) is 19.1 Å². The normalized spacial score (nSPS) is 15.1. The summed E-state index contributed by atoms with van der Waals surface area (Å²) in [6.07, 6.45) is 1.62. The minimum Gasteiger partial charge on any atom is -0.309 e. The Labute approximate surface area is 109 Å². The fourth-order valence-electron chi connectivity index (χ4n) is 2.18. The fraction of sp³-hybridized carbons (Fsp3) is 0.538. The molecule has 2 N–H and O–H groups in total. The second-order valence-corrected chi connectivity index (χ2v) is 6.38. The fourth-order valence-corrected chi connectivity index (χ4v) is 3.63. The Hall–Kier alpha value is -0.910. The van der Waals surface area contributed by atoms with Crippen LogP contribution in [0.1, 0.15) is 37.8 Å². The van der Waals surface area contributed by atoms with E-state index in [1.54, 1.807) is 12.1 Å². The van der Waals surface area contributed by atoms with Crippen LogP contribution >= 0.6 is 0 Å². The maximum absolute atomic E-state index is 12.2. The summed E-state index contributed by atoms with van der Waals surface area (Å²) in [5.74, 6) is 0.